The maximum atomic E-state index is 6.15. The van der Waals surface area contributed by atoms with Gasteiger partial charge in [0.2, 0.25) is 0 Å². The van der Waals surface area contributed by atoms with E-state index in [2.05, 4.69) is 27.1 Å². The zero-order valence-corrected chi connectivity index (χ0v) is 16.0. The molecule has 2 atom stereocenters. The van der Waals surface area contributed by atoms with E-state index < -0.39 is 0 Å². The van der Waals surface area contributed by atoms with Crippen LogP contribution in [0.25, 0.3) is 0 Å². The molecule has 5 nitrogen and oxygen atoms in total. The van der Waals surface area contributed by atoms with Gasteiger partial charge in [0.25, 0.3) is 0 Å². The third kappa shape index (κ3) is 3.50. The van der Waals surface area contributed by atoms with Crippen molar-refractivity contribution >= 4 is 22.9 Å². The third-order valence-corrected chi connectivity index (χ3v) is 6.02. The lowest BCUT2D eigenvalue weighted by Gasteiger charge is -2.33. The number of aromatic nitrogens is 2. The van der Waals surface area contributed by atoms with E-state index in [1.54, 1.807) is 17.5 Å². The van der Waals surface area contributed by atoms with Crippen molar-refractivity contribution in [3.63, 3.8) is 0 Å². The zero-order chi connectivity index (χ0) is 18.0. The highest BCUT2D eigenvalue weighted by Gasteiger charge is 2.47. The second-order valence-electron chi connectivity index (χ2n) is 6.44. The number of nitrogens with zero attached hydrogens (tertiary/aromatic N) is 3. The van der Waals surface area contributed by atoms with Gasteiger partial charge in [0, 0.05) is 42.3 Å². The van der Waals surface area contributed by atoms with Crippen LogP contribution in [0.3, 0.4) is 0 Å². The molecule has 0 saturated carbocycles. The normalized spacial score (nSPS) is 23.4. The van der Waals surface area contributed by atoms with Crippen LogP contribution in [0.15, 0.2) is 60.5 Å². The van der Waals surface area contributed by atoms with E-state index >= 15 is 0 Å². The molecule has 0 spiro atoms. The number of benzene rings is 1. The number of hydroxylamine groups is 2. The Hall–Kier alpha value is -1.86. The standard InChI is InChI=1S/C19H20ClN3O2S/c1-22-19(18-3-2-10-26-18,13-23-9-8-21-14-23)11-17(25-22)12-24-16-6-4-15(20)5-7-16/h2-10,14,17H,11-13H2,1H3. The number of hydrogen-bond acceptors (Lipinski definition) is 5. The van der Waals surface area contributed by atoms with E-state index in [4.69, 9.17) is 21.2 Å². The molecule has 1 aromatic carbocycles. The van der Waals surface area contributed by atoms with Gasteiger partial charge in [-0.05, 0) is 35.7 Å². The topological polar surface area (TPSA) is 39.5 Å². The number of halogens is 1. The SMILES string of the molecule is CN1OC(COc2ccc(Cl)cc2)CC1(Cn1ccnc1)c1cccs1. The van der Waals surface area contributed by atoms with E-state index in [-0.39, 0.29) is 11.6 Å². The fourth-order valence-electron chi connectivity index (χ4n) is 3.40. The molecule has 7 heteroatoms. The van der Waals surface area contributed by atoms with Crippen molar-refractivity contribution in [1.29, 1.82) is 0 Å². The first-order valence-electron chi connectivity index (χ1n) is 8.44. The van der Waals surface area contributed by atoms with Crippen molar-refractivity contribution in [2.24, 2.45) is 0 Å². The molecule has 3 aromatic rings. The minimum atomic E-state index is -0.233. The third-order valence-electron chi connectivity index (χ3n) is 4.71. The van der Waals surface area contributed by atoms with Crippen LogP contribution in [-0.4, -0.2) is 34.4 Å². The second kappa shape index (κ2) is 7.40. The van der Waals surface area contributed by atoms with Crippen molar-refractivity contribution in [2.45, 2.75) is 24.6 Å². The predicted molar refractivity (Wildman–Crippen MR) is 102 cm³/mol. The first-order chi connectivity index (χ1) is 12.7. The molecule has 0 N–H and O–H groups in total. The Morgan fingerprint density at radius 3 is 2.88 bits per heavy atom. The predicted octanol–water partition coefficient (Wildman–Crippen LogP) is 4.21. The van der Waals surface area contributed by atoms with Gasteiger partial charge in [-0.1, -0.05) is 17.7 Å². The van der Waals surface area contributed by atoms with Crippen LogP contribution in [0, 0.1) is 0 Å². The fourth-order valence-corrected chi connectivity index (χ4v) is 4.48. The van der Waals surface area contributed by atoms with Crippen molar-refractivity contribution in [2.75, 3.05) is 13.7 Å². The molecule has 3 heterocycles. The number of hydrogen-bond donors (Lipinski definition) is 0. The second-order valence-corrected chi connectivity index (χ2v) is 7.82. The highest BCUT2D eigenvalue weighted by molar-refractivity contribution is 7.10. The molecule has 0 radical (unpaired) electrons. The fraction of sp³-hybridized carbons (Fsp3) is 0.316. The first kappa shape index (κ1) is 17.5. The number of imidazole rings is 1. The number of ether oxygens (including phenoxy) is 1. The average molecular weight is 390 g/mol. The smallest absolute Gasteiger partial charge is 0.119 e. The quantitative estimate of drug-likeness (QED) is 0.633. The minimum absolute atomic E-state index is 0.0266. The van der Waals surface area contributed by atoms with Gasteiger partial charge in [-0.25, -0.2) is 4.98 Å². The van der Waals surface area contributed by atoms with E-state index in [0.29, 0.717) is 11.6 Å². The van der Waals surface area contributed by atoms with Crippen LogP contribution >= 0.6 is 22.9 Å². The van der Waals surface area contributed by atoms with Crippen molar-refractivity contribution in [3.05, 3.63) is 70.4 Å². The number of likely N-dealkylation sites (N-methyl/N-ethyl adjacent to an activating group) is 1. The lowest BCUT2D eigenvalue weighted by Crippen LogP contribution is -2.40. The van der Waals surface area contributed by atoms with E-state index in [0.717, 1.165) is 18.7 Å². The number of rotatable bonds is 6. The lowest BCUT2D eigenvalue weighted by atomic mass is 9.91. The highest BCUT2D eigenvalue weighted by atomic mass is 35.5. The van der Waals surface area contributed by atoms with Crippen LogP contribution in [0.4, 0.5) is 0 Å². The monoisotopic (exact) mass is 389 g/mol. The maximum Gasteiger partial charge on any atom is 0.119 e. The summed E-state index contributed by atoms with van der Waals surface area (Å²) >= 11 is 7.68. The summed E-state index contributed by atoms with van der Waals surface area (Å²) in [5.41, 5.74) is -0.233. The molecule has 1 fully saturated rings. The summed E-state index contributed by atoms with van der Waals surface area (Å²) in [7, 11) is 2.00. The van der Waals surface area contributed by atoms with Gasteiger partial charge in [-0.3, -0.25) is 4.84 Å². The van der Waals surface area contributed by atoms with Gasteiger partial charge in [-0.2, -0.15) is 5.06 Å². The van der Waals surface area contributed by atoms with Gasteiger partial charge in [0.05, 0.1) is 6.33 Å². The molecule has 1 saturated heterocycles. The lowest BCUT2D eigenvalue weighted by molar-refractivity contribution is -0.178. The van der Waals surface area contributed by atoms with Gasteiger partial charge in [0.1, 0.15) is 24.0 Å². The van der Waals surface area contributed by atoms with Crippen LogP contribution in [-0.2, 0) is 16.9 Å². The summed E-state index contributed by atoms with van der Waals surface area (Å²) in [6.07, 6.45) is 6.46. The van der Waals surface area contributed by atoms with Crippen LogP contribution in [0.2, 0.25) is 5.02 Å². The van der Waals surface area contributed by atoms with Crippen LogP contribution < -0.4 is 4.74 Å². The van der Waals surface area contributed by atoms with Crippen molar-refractivity contribution in [1.82, 2.24) is 14.6 Å². The molecular weight excluding hydrogens is 370 g/mol. The Labute approximate surface area is 161 Å². The minimum Gasteiger partial charge on any atom is -0.491 e. The molecule has 0 aliphatic carbocycles. The molecule has 2 aromatic heterocycles. The van der Waals surface area contributed by atoms with E-state index in [1.165, 1.54) is 4.88 Å². The molecule has 26 heavy (non-hydrogen) atoms. The molecule has 1 aliphatic heterocycles. The molecule has 4 rings (SSSR count). The van der Waals surface area contributed by atoms with Gasteiger partial charge >= 0.3 is 0 Å². The van der Waals surface area contributed by atoms with E-state index in [9.17, 15) is 0 Å². The maximum absolute atomic E-state index is 6.15. The largest absolute Gasteiger partial charge is 0.491 e. The Morgan fingerprint density at radius 1 is 1.35 bits per heavy atom. The Bertz CT molecular complexity index is 823. The van der Waals surface area contributed by atoms with Gasteiger partial charge < -0.3 is 9.30 Å². The Kier molecular flexibility index (Phi) is 5.00. The van der Waals surface area contributed by atoms with Crippen molar-refractivity contribution in [3.8, 4) is 5.75 Å². The molecular formula is C19H20ClN3O2S. The van der Waals surface area contributed by atoms with Crippen LogP contribution in [0.1, 0.15) is 11.3 Å². The number of thiophene rings is 1. The Morgan fingerprint density at radius 2 is 2.19 bits per heavy atom. The summed E-state index contributed by atoms with van der Waals surface area (Å²) in [5.74, 6) is 0.795. The zero-order valence-electron chi connectivity index (χ0n) is 14.4. The summed E-state index contributed by atoms with van der Waals surface area (Å²) in [6.45, 7) is 1.27. The van der Waals surface area contributed by atoms with Gasteiger partial charge in [-0.15, -0.1) is 11.3 Å². The summed E-state index contributed by atoms with van der Waals surface area (Å²) < 4.78 is 8.01. The summed E-state index contributed by atoms with van der Waals surface area (Å²) in [6, 6.07) is 11.7. The molecule has 136 valence electrons. The average Bonchev–Trinajstić information content (AvgIpc) is 3.38. The van der Waals surface area contributed by atoms with Crippen molar-refractivity contribution < 1.29 is 9.57 Å². The summed E-state index contributed by atoms with van der Waals surface area (Å²) in [5, 5.41) is 4.79. The van der Waals surface area contributed by atoms with Crippen LogP contribution in [0.5, 0.6) is 5.75 Å². The molecule has 0 amide bonds. The van der Waals surface area contributed by atoms with E-state index in [1.807, 2.05) is 48.9 Å². The molecule has 0 bridgehead atoms. The van der Waals surface area contributed by atoms with Gasteiger partial charge in [0.15, 0.2) is 0 Å². The molecule has 1 aliphatic rings. The summed E-state index contributed by atoms with van der Waals surface area (Å²) in [4.78, 5) is 11.6. The highest BCUT2D eigenvalue weighted by Crippen LogP contribution is 2.43. The molecule has 2 unspecified atom stereocenters. The Balaban J connectivity index is 1.51. The first-order valence-corrected chi connectivity index (χ1v) is 9.70.